The molecule has 0 unspecified atom stereocenters. The molecule has 8 heteroatoms. The van der Waals surface area contributed by atoms with Gasteiger partial charge in [0, 0.05) is 25.2 Å². The van der Waals surface area contributed by atoms with Crippen LogP contribution in [0, 0.1) is 6.92 Å². The number of aromatic nitrogens is 3. The van der Waals surface area contributed by atoms with Crippen LogP contribution in [0.5, 0.6) is 0 Å². The zero-order valence-electron chi connectivity index (χ0n) is 14.2. The highest BCUT2D eigenvalue weighted by molar-refractivity contribution is 7.99. The molecule has 3 heterocycles. The Morgan fingerprint density at radius 1 is 1.26 bits per heavy atom. The number of likely N-dealkylation sites (tertiary alicyclic amines) is 1. The predicted molar refractivity (Wildman–Crippen MR) is 90.5 cm³/mol. The highest BCUT2D eigenvalue weighted by Gasteiger charge is 2.42. The Bertz CT molecular complexity index is 554. The van der Waals surface area contributed by atoms with E-state index in [0.717, 1.165) is 51.4 Å². The fraction of sp³-hybridized carbons (Fsp3) is 0.800. The summed E-state index contributed by atoms with van der Waals surface area (Å²) >= 11 is 1.41. The number of thioether (sulfide) groups is 1. The molecule has 0 bridgehead atoms. The average Bonchev–Trinajstić information content (AvgIpc) is 2.96. The van der Waals surface area contributed by atoms with Crippen molar-refractivity contribution in [3.8, 4) is 0 Å². The Balaban J connectivity index is 1.58. The second-order valence-corrected chi connectivity index (χ2v) is 7.70. The first-order valence-electron chi connectivity index (χ1n) is 8.18. The molecule has 23 heavy (non-hydrogen) atoms. The molecule has 0 aliphatic carbocycles. The molecule has 7 nitrogen and oxygen atoms in total. The second kappa shape index (κ2) is 6.78. The van der Waals surface area contributed by atoms with Crippen LogP contribution in [0.25, 0.3) is 0 Å². The van der Waals surface area contributed by atoms with Gasteiger partial charge in [-0.2, -0.15) is 0 Å². The molecular formula is C15H26N6OS. The normalized spacial score (nSPS) is 22.7. The lowest BCUT2D eigenvalue weighted by Gasteiger charge is -2.52. The van der Waals surface area contributed by atoms with Crippen molar-refractivity contribution in [1.82, 2.24) is 29.9 Å². The number of carbonyl (C=O) groups excluding carboxylic acids is 1. The maximum Gasteiger partial charge on any atom is 0.233 e. The molecule has 0 atom stereocenters. The van der Waals surface area contributed by atoms with E-state index in [1.165, 1.54) is 11.8 Å². The smallest absolute Gasteiger partial charge is 0.233 e. The molecule has 128 valence electrons. The Kier molecular flexibility index (Phi) is 4.93. The molecule has 1 N–H and O–H groups in total. The molecule has 1 aromatic rings. The van der Waals surface area contributed by atoms with Crippen LogP contribution < -0.4 is 0 Å². The Morgan fingerprint density at radius 3 is 2.65 bits per heavy atom. The van der Waals surface area contributed by atoms with E-state index in [-0.39, 0.29) is 11.4 Å². The van der Waals surface area contributed by atoms with E-state index in [1.54, 1.807) is 0 Å². The summed E-state index contributed by atoms with van der Waals surface area (Å²) in [7, 11) is 4.38. The third-order valence-corrected chi connectivity index (χ3v) is 6.00. The lowest BCUT2D eigenvalue weighted by molar-refractivity contribution is -0.135. The van der Waals surface area contributed by atoms with Gasteiger partial charge >= 0.3 is 0 Å². The van der Waals surface area contributed by atoms with Crippen molar-refractivity contribution in [2.24, 2.45) is 0 Å². The molecular weight excluding hydrogens is 312 g/mol. The van der Waals surface area contributed by atoms with Crippen LogP contribution >= 0.6 is 11.8 Å². The monoisotopic (exact) mass is 338 g/mol. The standard InChI is InChI=1S/C15H26N6OS/c1-12-16-14(18-17-12)23-10-13(22)21-9-8-20(3)15(11-21)4-6-19(2)7-5-15/h4-11H2,1-3H3,(H,16,17,18). The van der Waals surface area contributed by atoms with Crippen molar-refractivity contribution in [2.45, 2.75) is 30.5 Å². The Morgan fingerprint density at radius 2 is 2.00 bits per heavy atom. The summed E-state index contributed by atoms with van der Waals surface area (Å²) in [5.74, 6) is 1.39. The van der Waals surface area contributed by atoms with Crippen LogP contribution in [0.4, 0.5) is 0 Å². The number of amides is 1. The van der Waals surface area contributed by atoms with E-state index in [0.29, 0.717) is 10.9 Å². The first kappa shape index (κ1) is 16.7. The van der Waals surface area contributed by atoms with Crippen LogP contribution in [-0.4, -0.2) is 93.9 Å². The summed E-state index contributed by atoms with van der Waals surface area (Å²) < 4.78 is 0. The van der Waals surface area contributed by atoms with Crippen molar-refractivity contribution in [2.75, 3.05) is 52.6 Å². The number of carbonyl (C=O) groups is 1. The summed E-state index contributed by atoms with van der Waals surface area (Å²) in [4.78, 5) is 23.7. The number of H-pyrrole nitrogens is 1. The minimum atomic E-state index is 0.159. The SMILES string of the molecule is Cc1nc(SCC(=O)N2CCN(C)C3(CCN(C)CC3)C2)n[nH]1. The number of likely N-dealkylation sites (N-methyl/N-ethyl adjacent to an activating group) is 1. The first-order chi connectivity index (χ1) is 11.0. The van der Waals surface area contributed by atoms with Crippen LogP contribution in [0.2, 0.25) is 0 Å². The molecule has 0 radical (unpaired) electrons. The van der Waals surface area contributed by atoms with Gasteiger partial charge in [0.05, 0.1) is 5.75 Å². The molecule has 2 aliphatic heterocycles. The Labute approximate surface area is 141 Å². The van der Waals surface area contributed by atoms with E-state index in [9.17, 15) is 4.79 Å². The third kappa shape index (κ3) is 3.70. The number of rotatable bonds is 3. The number of aromatic amines is 1. The first-order valence-corrected chi connectivity index (χ1v) is 9.16. The minimum Gasteiger partial charge on any atom is -0.339 e. The number of aryl methyl sites for hydroxylation is 1. The summed E-state index contributed by atoms with van der Waals surface area (Å²) in [5, 5.41) is 7.54. The molecule has 0 saturated carbocycles. The van der Waals surface area contributed by atoms with Gasteiger partial charge in [0.1, 0.15) is 5.82 Å². The predicted octanol–water partition coefficient (Wildman–Crippen LogP) is 0.444. The number of hydrogen-bond acceptors (Lipinski definition) is 6. The van der Waals surface area contributed by atoms with Crippen molar-refractivity contribution >= 4 is 17.7 Å². The molecule has 1 aromatic heterocycles. The zero-order chi connectivity index (χ0) is 16.4. The van der Waals surface area contributed by atoms with Gasteiger partial charge < -0.3 is 9.80 Å². The number of piperazine rings is 1. The highest BCUT2D eigenvalue weighted by Crippen LogP contribution is 2.31. The number of piperidine rings is 1. The van der Waals surface area contributed by atoms with Crippen LogP contribution in [-0.2, 0) is 4.79 Å². The topological polar surface area (TPSA) is 68.4 Å². The lowest BCUT2D eigenvalue weighted by Crippen LogP contribution is -2.65. The second-order valence-electron chi connectivity index (χ2n) is 6.76. The summed E-state index contributed by atoms with van der Waals surface area (Å²) in [6.07, 6.45) is 2.27. The van der Waals surface area contributed by atoms with Crippen LogP contribution in [0.1, 0.15) is 18.7 Å². The van der Waals surface area contributed by atoms with E-state index in [2.05, 4.69) is 39.1 Å². The summed E-state index contributed by atoms with van der Waals surface area (Å²) in [6, 6.07) is 0. The van der Waals surface area contributed by atoms with Gasteiger partial charge in [-0.25, -0.2) is 4.98 Å². The quantitative estimate of drug-likeness (QED) is 0.807. The fourth-order valence-electron chi connectivity index (χ4n) is 3.45. The molecule has 0 aromatic carbocycles. The van der Waals surface area contributed by atoms with Gasteiger partial charge in [0.25, 0.3) is 0 Å². The molecule has 1 spiro atoms. The number of hydrogen-bond donors (Lipinski definition) is 1. The lowest BCUT2D eigenvalue weighted by atomic mass is 9.84. The third-order valence-electron chi connectivity index (χ3n) is 5.17. The number of nitrogens with one attached hydrogen (secondary N) is 1. The maximum absolute atomic E-state index is 12.6. The van der Waals surface area contributed by atoms with Crippen molar-refractivity contribution in [3.63, 3.8) is 0 Å². The van der Waals surface area contributed by atoms with Gasteiger partial charge in [-0.15, -0.1) is 5.10 Å². The fourth-order valence-corrected chi connectivity index (χ4v) is 4.20. The summed E-state index contributed by atoms with van der Waals surface area (Å²) in [6.45, 7) is 6.71. The minimum absolute atomic E-state index is 0.159. The van der Waals surface area contributed by atoms with Gasteiger partial charge in [-0.3, -0.25) is 14.8 Å². The Hall–Kier alpha value is -1.12. The van der Waals surface area contributed by atoms with Gasteiger partial charge in [-0.1, -0.05) is 11.8 Å². The van der Waals surface area contributed by atoms with E-state index in [1.807, 2.05) is 11.8 Å². The average molecular weight is 338 g/mol. The molecule has 2 saturated heterocycles. The highest BCUT2D eigenvalue weighted by atomic mass is 32.2. The zero-order valence-corrected chi connectivity index (χ0v) is 15.0. The molecule has 2 aliphatic rings. The van der Waals surface area contributed by atoms with Gasteiger partial charge in [0.2, 0.25) is 11.1 Å². The van der Waals surface area contributed by atoms with Crippen molar-refractivity contribution < 1.29 is 4.79 Å². The molecule has 2 fully saturated rings. The number of nitrogens with zero attached hydrogens (tertiary/aromatic N) is 5. The van der Waals surface area contributed by atoms with Gasteiger partial charge in [-0.05, 0) is 47.0 Å². The molecule has 3 rings (SSSR count). The largest absolute Gasteiger partial charge is 0.339 e. The maximum atomic E-state index is 12.6. The van der Waals surface area contributed by atoms with E-state index >= 15 is 0 Å². The van der Waals surface area contributed by atoms with Crippen molar-refractivity contribution in [3.05, 3.63) is 5.82 Å². The van der Waals surface area contributed by atoms with Crippen LogP contribution in [0.15, 0.2) is 5.16 Å². The van der Waals surface area contributed by atoms with Crippen molar-refractivity contribution in [1.29, 1.82) is 0 Å². The van der Waals surface area contributed by atoms with Crippen LogP contribution in [0.3, 0.4) is 0 Å². The summed E-state index contributed by atoms with van der Waals surface area (Å²) in [5.41, 5.74) is 0.159. The van der Waals surface area contributed by atoms with E-state index in [4.69, 9.17) is 0 Å². The van der Waals surface area contributed by atoms with E-state index < -0.39 is 0 Å². The molecule has 1 amide bonds. The van der Waals surface area contributed by atoms with Gasteiger partial charge in [0.15, 0.2) is 0 Å².